The molecule has 1 atom stereocenters. The van der Waals surface area contributed by atoms with Crippen molar-refractivity contribution in [3.8, 4) is 5.75 Å². The summed E-state index contributed by atoms with van der Waals surface area (Å²) in [5.41, 5.74) is 0.591. The smallest absolute Gasteiger partial charge is 0.319 e. The number of hydrogen-bond donors (Lipinski definition) is 2. The van der Waals surface area contributed by atoms with Crippen molar-refractivity contribution in [3.63, 3.8) is 0 Å². The lowest BCUT2D eigenvalue weighted by atomic mass is 10.1. The Morgan fingerprint density at radius 2 is 2.09 bits per heavy atom. The molecule has 1 aromatic carbocycles. The van der Waals surface area contributed by atoms with Crippen molar-refractivity contribution >= 4 is 21.6 Å². The second kappa shape index (κ2) is 7.00. The summed E-state index contributed by atoms with van der Waals surface area (Å²) in [5.74, 6) is 0.973. The third-order valence-corrected chi connectivity index (χ3v) is 5.21. The van der Waals surface area contributed by atoms with Gasteiger partial charge in [-0.3, -0.25) is 0 Å². The van der Waals surface area contributed by atoms with E-state index in [4.69, 9.17) is 4.74 Å². The van der Waals surface area contributed by atoms with Gasteiger partial charge in [0.25, 0.3) is 0 Å². The first-order valence-electron chi connectivity index (χ1n) is 7.36. The molecule has 1 aliphatic heterocycles. The van der Waals surface area contributed by atoms with Gasteiger partial charge in [0.15, 0.2) is 9.84 Å². The van der Waals surface area contributed by atoms with Crippen LogP contribution in [0.2, 0.25) is 0 Å². The molecular weight excluding hydrogens is 304 g/mol. The first-order chi connectivity index (χ1) is 10.4. The number of benzene rings is 1. The maximum absolute atomic E-state index is 11.9. The van der Waals surface area contributed by atoms with E-state index in [2.05, 4.69) is 10.6 Å². The van der Waals surface area contributed by atoms with Gasteiger partial charge in [-0.05, 0) is 38.3 Å². The Labute approximate surface area is 131 Å². The van der Waals surface area contributed by atoms with Crippen LogP contribution in [0.5, 0.6) is 5.75 Å². The largest absolute Gasteiger partial charge is 0.489 e. The maximum atomic E-state index is 11.9. The van der Waals surface area contributed by atoms with E-state index in [9.17, 15) is 13.2 Å². The molecule has 122 valence electrons. The van der Waals surface area contributed by atoms with E-state index in [-0.39, 0.29) is 29.6 Å². The van der Waals surface area contributed by atoms with Crippen LogP contribution in [-0.2, 0) is 9.84 Å². The molecule has 0 aromatic heterocycles. The van der Waals surface area contributed by atoms with Crippen LogP contribution in [-0.4, -0.2) is 38.6 Å². The SMILES string of the molecule is CC(C)Oc1ccccc1NC(=O)NCC1CCS(=O)(=O)C1. The van der Waals surface area contributed by atoms with Crippen molar-refractivity contribution in [1.29, 1.82) is 0 Å². The molecular formula is C15H22N2O4S. The molecule has 0 saturated carbocycles. The number of ether oxygens (including phenoxy) is 1. The van der Waals surface area contributed by atoms with Gasteiger partial charge in [0.2, 0.25) is 0 Å². The first kappa shape index (κ1) is 16.6. The number of amides is 2. The van der Waals surface area contributed by atoms with E-state index in [0.717, 1.165) is 0 Å². The average molecular weight is 326 g/mol. The summed E-state index contributed by atoms with van der Waals surface area (Å²) in [5, 5.41) is 5.46. The standard InChI is InChI=1S/C15H22N2O4S/c1-11(2)21-14-6-4-3-5-13(14)17-15(18)16-9-12-7-8-22(19,20)10-12/h3-6,11-12H,7-10H2,1-2H3,(H2,16,17,18). The van der Waals surface area contributed by atoms with Crippen LogP contribution in [0.4, 0.5) is 10.5 Å². The van der Waals surface area contributed by atoms with Crippen molar-refractivity contribution in [2.75, 3.05) is 23.4 Å². The fraction of sp³-hybridized carbons (Fsp3) is 0.533. The number of para-hydroxylation sites is 2. The van der Waals surface area contributed by atoms with Crippen LogP contribution in [0.25, 0.3) is 0 Å². The lowest BCUT2D eigenvalue weighted by Gasteiger charge is -2.15. The molecule has 0 bridgehead atoms. The zero-order chi connectivity index (χ0) is 16.2. The highest BCUT2D eigenvalue weighted by atomic mass is 32.2. The first-order valence-corrected chi connectivity index (χ1v) is 9.19. The van der Waals surface area contributed by atoms with E-state index in [1.165, 1.54) is 0 Å². The molecule has 2 amide bonds. The van der Waals surface area contributed by atoms with Gasteiger partial charge in [-0.1, -0.05) is 12.1 Å². The molecule has 1 fully saturated rings. The second-order valence-electron chi connectivity index (χ2n) is 5.77. The second-order valence-corrected chi connectivity index (χ2v) is 8.00. The van der Waals surface area contributed by atoms with Gasteiger partial charge in [-0.15, -0.1) is 0 Å². The number of nitrogens with one attached hydrogen (secondary N) is 2. The van der Waals surface area contributed by atoms with Gasteiger partial charge < -0.3 is 15.4 Å². The van der Waals surface area contributed by atoms with Gasteiger partial charge in [0.05, 0.1) is 23.3 Å². The van der Waals surface area contributed by atoms with Gasteiger partial charge in [-0.2, -0.15) is 0 Å². The summed E-state index contributed by atoms with van der Waals surface area (Å²) >= 11 is 0. The molecule has 2 rings (SSSR count). The van der Waals surface area contributed by atoms with Crippen molar-refractivity contribution < 1.29 is 17.9 Å². The molecule has 6 nitrogen and oxygen atoms in total. The van der Waals surface area contributed by atoms with Crippen molar-refractivity contribution in [2.45, 2.75) is 26.4 Å². The highest BCUT2D eigenvalue weighted by Gasteiger charge is 2.27. The van der Waals surface area contributed by atoms with Crippen LogP contribution in [0, 0.1) is 5.92 Å². The third kappa shape index (κ3) is 4.91. The minimum Gasteiger partial charge on any atom is -0.489 e. The Balaban J connectivity index is 1.87. The lowest BCUT2D eigenvalue weighted by Crippen LogP contribution is -2.33. The van der Waals surface area contributed by atoms with Crippen LogP contribution >= 0.6 is 0 Å². The van der Waals surface area contributed by atoms with Crippen LogP contribution in [0.3, 0.4) is 0 Å². The fourth-order valence-corrected chi connectivity index (χ4v) is 4.23. The molecule has 1 unspecified atom stereocenters. The zero-order valence-electron chi connectivity index (χ0n) is 12.8. The molecule has 1 heterocycles. The number of urea groups is 1. The Morgan fingerprint density at radius 3 is 2.73 bits per heavy atom. The summed E-state index contributed by atoms with van der Waals surface area (Å²) in [6.45, 7) is 4.19. The molecule has 7 heteroatoms. The fourth-order valence-electron chi connectivity index (χ4n) is 2.36. The number of rotatable bonds is 5. The minimum absolute atomic E-state index is 0.00194. The molecule has 0 spiro atoms. The molecule has 0 aliphatic carbocycles. The Kier molecular flexibility index (Phi) is 5.28. The monoisotopic (exact) mass is 326 g/mol. The summed E-state index contributed by atoms with van der Waals surface area (Å²) < 4.78 is 28.4. The van der Waals surface area contributed by atoms with Gasteiger partial charge in [0, 0.05) is 6.54 Å². The number of hydrogen-bond acceptors (Lipinski definition) is 4. The predicted octanol–water partition coefficient (Wildman–Crippen LogP) is 2.03. The quantitative estimate of drug-likeness (QED) is 0.867. The molecule has 1 aliphatic rings. The average Bonchev–Trinajstić information content (AvgIpc) is 2.78. The van der Waals surface area contributed by atoms with Gasteiger partial charge >= 0.3 is 6.03 Å². The summed E-state index contributed by atoms with van der Waals surface area (Å²) in [6, 6.07) is 6.84. The Hall–Kier alpha value is -1.76. The predicted molar refractivity (Wildman–Crippen MR) is 86.0 cm³/mol. The van der Waals surface area contributed by atoms with Crippen molar-refractivity contribution in [2.24, 2.45) is 5.92 Å². The van der Waals surface area contributed by atoms with E-state index in [0.29, 0.717) is 24.4 Å². The van der Waals surface area contributed by atoms with E-state index < -0.39 is 9.84 Å². The molecule has 1 saturated heterocycles. The van der Waals surface area contributed by atoms with Crippen LogP contribution in [0.15, 0.2) is 24.3 Å². The number of anilines is 1. The van der Waals surface area contributed by atoms with E-state index in [1.807, 2.05) is 26.0 Å². The Bertz CT molecular complexity index is 628. The van der Waals surface area contributed by atoms with Crippen LogP contribution in [0.1, 0.15) is 20.3 Å². The van der Waals surface area contributed by atoms with Gasteiger partial charge in [-0.25, -0.2) is 13.2 Å². The van der Waals surface area contributed by atoms with E-state index >= 15 is 0 Å². The molecule has 2 N–H and O–H groups in total. The van der Waals surface area contributed by atoms with E-state index in [1.54, 1.807) is 12.1 Å². The molecule has 22 heavy (non-hydrogen) atoms. The molecule has 1 aromatic rings. The highest BCUT2D eigenvalue weighted by molar-refractivity contribution is 7.91. The number of carbonyl (C=O) groups excluding carboxylic acids is 1. The van der Waals surface area contributed by atoms with Crippen molar-refractivity contribution in [1.82, 2.24) is 5.32 Å². The summed E-state index contributed by atoms with van der Waals surface area (Å²) in [7, 11) is -2.91. The van der Waals surface area contributed by atoms with Gasteiger partial charge in [0.1, 0.15) is 5.75 Å². The Morgan fingerprint density at radius 1 is 1.36 bits per heavy atom. The minimum atomic E-state index is -2.91. The topological polar surface area (TPSA) is 84.5 Å². The number of carbonyl (C=O) groups is 1. The third-order valence-electron chi connectivity index (χ3n) is 3.38. The lowest BCUT2D eigenvalue weighted by molar-refractivity contribution is 0.241. The van der Waals surface area contributed by atoms with Crippen LogP contribution < -0.4 is 15.4 Å². The number of sulfone groups is 1. The zero-order valence-corrected chi connectivity index (χ0v) is 13.7. The summed E-state index contributed by atoms with van der Waals surface area (Å²) in [4.78, 5) is 11.9. The molecule has 0 radical (unpaired) electrons. The maximum Gasteiger partial charge on any atom is 0.319 e. The normalized spacial score (nSPS) is 19.9. The highest BCUT2D eigenvalue weighted by Crippen LogP contribution is 2.24. The summed E-state index contributed by atoms with van der Waals surface area (Å²) in [6.07, 6.45) is 0.616. The van der Waals surface area contributed by atoms with Crippen molar-refractivity contribution in [3.05, 3.63) is 24.3 Å².